The lowest BCUT2D eigenvalue weighted by Crippen LogP contribution is -2.42. The van der Waals surface area contributed by atoms with Gasteiger partial charge in [-0.2, -0.15) is 4.98 Å². The van der Waals surface area contributed by atoms with Crippen molar-refractivity contribution in [1.82, 2.24) is 15.2 Å². The Hall–Kier alpha value is -1.10. The number of nitrogens with two attached hydrogens (primary N) is 1. The molecule has 0 aromatic carbocycles. The molecule has 0 saturated carbocycles. The molecule has 0 unspecified atom stereocenters. The molecule has 1 aromatic rings. The molecule has 0 atom stereocenters. The van der Waals surface area contributed by atoms with E-state index in [0.717, 1.165) is 50.7 Å². The number of aromatic nitrogens is 3. The molecule has 0 radical (unpaired) electrons. The third-order valence-corrected chi connectivity index (χ3v) is 3.96. The molecule has 19 heavy (non-hydrogen) atoms. The highest BCUT2D eigenvalue weighted by molar-refractivity contribution is 5.29. The molecule has 0 spiro atoms. The molecule has 0 bridgehead atoms. The minimum absolute atomic E-state index is 0.233. The zero-order valence-electron chi connectivity index (χ0n) is 12.7. The molecule has 2 heterocycles. The molecule has 0 amide bonds. The summed E-state index contributed by atoms with van der Waals surface area (Å²) in [7, 11) is 0. The standard InChI is InChI=1S/C14H27N5/c1-13(2,3)9-11-16-12(18-17-11)19-7-5-14(4,10-15)6-8-19/h5-10,15H2,1-4H3,(H,16,17,18). The van der Waals surface area contributed by atoms with Crippen LogP contribution in [0.3, 0.4) is 0 Å². The van der Waals surface area contributed by atoms with Crippen LogP contribution in [-0.4, -0.2) is 34.8 Å². The minimum Gasteiger partial charge on any atom is -0.340 e. The summed E-state index contributed by atoms with van der Waals surface area (Å²) in [4.78, 5) is 6.88. The number of nitrogens with zero attached hydrogens (tertiary/aromatic N) is 3. The number of piperidine rings is 1. The molecular formula is C14H27N5. The van der Waals surface area contributed by atoms with Crippen LogP contribution in [0, 0.1) is 10.8 Å². The summed E-state index contributed by atoms with van der Waals surface area (Å²) in [6.45, 7) is 11.7. The maximum Gasteiger partial charge on any atom is 0.244 e. The van der Waals surface area contributed by atoms with Crippen LogP contribution in [0.15, 0.2) is 0 Å². The van der Waals surface area contributed by atoms with Crippen molar-refractivity contribution in [1.29, 1.82) is 0 Å². The van der Waals surface area contributed by atoms with Gasteiger partial charge in [0.15, 0.2) is 0 Å². The van der Waals surface area contributed by atoms with E-state index in [-0.39, 0.29) is 5.41 Å². The predicted octanol–water partition coefficient (Wildman–Crippen LogP) is 1.96. The van der Waals surface area contributed by atoms with E-state index in [1.807, 2.05) is 0 Å². The van der Waals surface area contributed by atoms with Gasteiger partial charge < -0.3 is 10.6 Å². The molecule has 108 valence electrons. The lowest BCUT2D eigenvalue weighted by atomic mass is 9.81. The molecule has 5 nitrogen and oxygen atoms in total. The predicted molar refractivity (Wildman–Crippen MR) is 78.2 cm³/mol. The molecule has 1 aliphatic heterocycles. The van der Waals surface area contributed by atoms with Gasteiger partial charge in [0.25, 0.3) is 0 Å². The van der Waals surface area contributed by atoms with Crippen molar-refractivity contribution in [2.24, 2.45) is 16.6 Å². The van der Waals surface area contributed by atoms with Crippen LogP contribution in [0.4, 0.5) is 5.95 Å². The second kappa shape index (κ2) is 5.12. The summed E-state index contributed by atoms with van der Waals surface area (Å²) in [6, 6.07) is 0. The normalized spacial score (nSPS) is 19.7. The second-order valence-corrected chi connectivity index (χ2v) is 7.32. The second-order valence-electron chi connectivity index (χ2n) is 7.32. The van der Waals surface area contributed by atoms with E-state index in [2.05, 4.69) is 47.8 Å². The Labute approximate surface area is 116 Å². The quantitative estimate of drug-likeness (QED) is 0.876. The van der Waals surface area contributed by atoms with Gasteiger partial charge in [-0.15, -0.1) is 5.10 Å². The van der Waals surface area contributed by atoms with Gasteiger partial charge in [0, 0.05) is 19.5 Å². The van der Waals surface area contributed by atoms with Gasteiger partial charge >= 0.3 is 0 Å². The van der Waals surface area contributed by atoms with E-state index in [9.17, 15) is 0 Å². The molecule has 1 saturated heterocycles. The molecule has 0 aliphatic carbocycles. The largest absolute Gasteiger partial charge is 0.340 e. The van der Waals surface area contributed by atoms with Gasteiger partial charge in [-0.1, -0.05) is 27.7 Å². The number of anilines is 1. The van der Waals surface area contributed by atoms with Crippen molar-refractivity contribution in [2.45, 2.75) is 47.0 Å². The lowest BCUT2D eigenvalue weighted by Gasteiger charge is -2.38. The number of hydrogen-bond donors (Lipinski definition) is 2. The maximum atomic E-state index is 5.84. The zero-order chi connectivity index (χ0) is 14.1. The average molecular weight is 265 g/mol. The van der Waals surface area contributed by atoms with Crippen molar-refractivity contribution >= 4 is 5.95 Å². The van der Waals surface area contributed by atoms with Crippen LogP contribution in [0.1, 0.15) is 46.4 Å². The first kappa shape index (κ1) is 14.3. The third kappa shape index (κ3) is 3.69. The first-order chi connectivity index (χ1) is 8.81. The van der Waals surface area contributed by atoms with Crippen LogP contribution in [-0.2, 0) is 6.42 Å². The van der Waals surface area contributed by atoms with Gasteiger partial charge in [-0.25, -0.2) is 0 Å². The third-order valence-electron chi connectivity index (χ3n) is 3.96. The summed E-state index contributed by atoms with van der Waals surface area (Å²) in [6.07, 6.45) is 3.16. The van der Waals surface area contributed by atoms with Crippen molar-refractivity contribution < 1.29 is 0 Å². The molecule has 5 heteroatoms. The molecule has 1 fully saturated rings. The van der Waals surface area contributed by atoms with Crippen molar-refractivity contribution in [2.75, 3.05) is 24.5 Å². The van der Waals surface area contributed by atoms with E-state index >= 15 is 0 Å². The van der Waals surface area contributed by atoms with Gasteiger partial charge in [-0.3, -0.25) is 5.10 Å². The van der Waals surface area contributed by atoms with E-state index in [4.69, 9.17) is 5.73 Å². The average Bonchev–Trinajstić information content (AvgIpc) is 2.76. The Morgan fingerprint density at radius 1 is 1.32 bits per heavy atom. The van der Waals surface area contributed by atoms with Crippen molar-refractivity contribution in [3.8, 4) is 0 Å². The Balaban J connectivity index is 1.97. The summed E-state index contributed by atoms with van der Waals surface area (Å²) >= 11 is 0. The van der Waals surface area contributed by atoms with Crippen molar-refractivity contribution in [3.05, 3.63) is 5.82 Å². The Morgan fingerprint density at radius 3 is 2.47 bits per heavy atom. The topological polar surface area (TPSA) is 70.8 Å². The van der Waals surface area contributed by atoms with Crippen LogP contribution < -0.4 is 10.6 Å². The van der Waals surface area contributed by atoms with Crippen LogP contribution in [0.2, 0.25) is 0 Å². The van der Waals surface area contributed by atoms with Gasteiger partial charge in [-0.05, 0) is 30.2 Å². The Bertz CT molecular complexity index is 410. The number of aromatic amines is 1. The molecule has 2 rings (SSSR count). The molecule has 1 aliphatic rings. The summed E-state index contributed by atoms with van der Waals surface area (Å²) < 4.78 is 0. The molecule has 3 N–H and O–H groups in total. The fourth-order valence-electron chi connectivity index (χ4n) is 2.46. The summed E-state index contributed by atoms with van der Waals surface area (Å²) in [5.41, 5.74) is 6.36. The number of H-pyrrole nitrogens is 1. The number of nitrogens with one attached hydrogen (secondary N) is 1. The fourth-order valence-corrected chi connectivity index (χ4v) is 2.46. The van der Waals surface area contributed by atoms with Crippen LogP contribution in [0.25, 0.3) is 0 Å². The van der Waals surface area contributed by atoms with E-state index < -0.39 is 0 Å². The number of hydrogen-bond acceptors (Lipinski definition) is 4. The Kier molecular flexibility index (Phi) is 3.85. The summed E-state index contributed by atoms with van der Waals surface area (Å²) in [5.74, 6) is 1.83. The molecular weight excluding hydrogens is 238 g/mol. The van der Waals surface area contributed by atoms with Crippen LogP contribution in [0.5, 0.6) is 0 Å². The maximum absolute atomic E-state index is 5.84. The van der Waals surface area contributed by atoms with E-state index in [1.54, 1.807) is 0 Å². The zero-order valence-corrected chi connectivity index (χ0v) is 12.7. The highest BCUT2D eigenvalue weighted by Gasteiger charge is 2.30. The minimum atomic E-state index is 0.233. The highest BCUT2D eigenvalue weighted by atomic mass is 15.4. The summed E-state index contributed by atoms with van der Waals surface area (Å²) in [5, 5.41) is 7.42. The van der Waals surface area contributed by atoms with E-state index in [1.165, 1.54) is 0 Å². The van der Waals surface area contributed by atoms with Crippen molar-refractivity contribution in [3.63, 3.8) is 0 Å². The Morgan fingerprint density at radius 2 is 1.95 bits per heavy atom. The first-order valence-corrected chi connectivity index (χ1v) is 7.18. The SMILES string of the molecule is CC(C)(C)Cc1nc(N2CCC(C)(CN)CC2)n[nH]1. The smallest absolute Gasteiger partial charge is 0.244 e. The monoisotopic (exact) mass is 265 g/mol. The van der Waals surface area contributed by atoms with Gasteiger partial charge in [0.05, 0.1) is 0 Å². The van der Waals surface area contributed by atoms with Gasteiger partial charge in [0.1, 0.15) is 5.82 Å². The first-order valence-electron chi connectivity index (χ1n) is 7.18. The lowest BCUT2D eigenvalue weighted by molar-refractivity contribution is 0.257. The van der Waals surface area contributed by atoms with Crippen LogP contribution >= 0.6 is 0 Å². The van der Waals surface area contributed by atoms with Gasteiger partial charge in [0.2, 0.25) is 5.95 Å². The fraction of sp³-hybridized carbons (Fsp3) is 0.857. The highest BCUT2D eigenvalue weighted by Crippen LogP contribution is 2.31. The van der Waals surface area contributed by atoms with E-state index in [0.29, 0.717) is 5.41 Å². The molecule has 1 aromatic heterocycles. The number of rotatable bonds is 3.